The molecular weight excluding hydrogens is 448 g/mol. The Morgan fingerprint density at radius 1 is 0.861 bits per heavy atom. The topological polar surface area (TPSA) is 58.4 Å². The molecule has 3 aromatic rings. The monoisotopic (exact) mass is 484 g/mol. The van der Waals surface area contributed by atoms with E-state index in [0.29, 0.717) is 11.9 Å². The van der Waals surface area contributed by atoms with Crippen LogP contribution in [0.5, 0.6) is 0 Å². The van der Waals surface area contributed by atoms with Gasteiger partial charge in [0.1, 0.15) is 12.8 Å². The number of hydrazone groups is 1. The lowest BCUT2D eigenvalue weighted by atomic mass is 10.0. The predicted molar refractivity (Wildman–Crippen MR) is 146 cm³/mol. The third-order valence-electron chi connectivity index (χ3n) is 7.28. The van der Waals surface area contributed by atoms with E-state index in [1.165, 1.54) is 11.3 Å². The predicted octanol–water partition coefficient (Wildman–Crippen LogP) is 3.68. The largest absolute Gasteiger partial charge is 0.388 e. The molecular formula is C29H36N6O. The number of aliphatic hydroxyl groups is 1. The number of amidine groups is 1. The van der Waals surface area contributed by atoms with Crippen LogP contribution in [-0.2, 0) is 6.42 Å². The first kappa shape index (κ1) is 24.3. The molecule has 2 aliphatic heterocycles. The fraction of sp³-hybridized carbons (Fsp3) is 0.379. The van der Waals surface area contributed by atoms with E-state index in [4.69, 9.17) is 5.10 Å². The van der Waals surface area contributed by atoms with Gasteiger partial charge in [-0.15, -0.1) is 0 Å². The summed E-state index contributed by atoms with van der Waals surface area (Å²) in [5.41, 5.74) is 3.71. The van der Waals surface area contributed by atoms with Gasteiger partial charge in [0.25, 0.3) is 0 Å². The summed E-state index contributed by atoms with van der Waals surface area (Å²) in [5, 5.41) is 16.8. The quantitative estimate of drug-likeness (QED) is 0.500. The van der Waals surface area contributed by atoms with Crippen molar-refractivity contribution in [2.75, 3.05) is 49.1 Å². The molecule has 188 valence electrons. The van der Waals surface area contributed by atoms with Gasteiger partial charge in [0.05, 0.1) is 0 Å². The second-order valence-corrected chi connectivity index (χ2v) is 9.56. The lowest BCUT2D eigenvalue weighted by molar-refractivity contribution is 0.157. The number of piperazine rings is 1. The van der Waals surface area contributed by atoms with Gasteiger partial charge in [-0.2, -0.15) is 5.10 Å². The highest BCUT2D eigenvalue weighted by Crippen LogP contribution is 2.25. The smallest absolute Gasteiger partial charge is 0.157 e. The Hall–Kier alpha value is -3.42. The van der Waals surface area contributed by atoms with Crippen molar-refractivity contribution in [3.8, 4) is 0 Å². The Balaban J connectivity index is 1.22. The molecule has 1 aromatic heterocycles. The van der Waals surface area contributed by atoms with Crippen LogP contribution in [0.4, 0.5) is 11.4 Å². The third-order valence-corrected chi connectivity index (χ3v) is 7.28. The first-order valence-corrected chi connectivity index (χ1v) is 12.9. The molecule has 1 N–H and O–H groups in total. The lowest BCUT2D eigenvalue weighted by Crippen LogP contribution is -2.54. The van der Waals surface area contributed by atoms with Gasteiger partial charge in [-0.05, 0) is 49.6 Å². The number of nitrogens with zero attached hydrogens (tertiary/aromatic N) is 6. The van der Waals surface area contributed by atoms with Gasteiger partial charge in [0.15, 0.2) is 5.84 Å². The molecule has 0 amide bonds. The molecule has 0 aliphatic carbocycles. The average molecular weight is 485 g/mol. The fourth-order valence-corrected chi connectivity index (χ4v) is 5.42. The fourth-order valence-electron chi connectivity index (χ4n) is 5.42. The van der Waals surface area contributed by atoms with Crippen LogP contribution in [0.3, 0.4) is 0 Å². The van der Waals surface area contributed by atoms with E-state index in [9.17, 15) is 5.11 Å². The zero-order valence-corrected chi connectivity index (χ0v) is 21.0. The van der Waals surface area contributed by atoms with Gasteiger partial charge < -0.3 is 14.9 Å². The number of para-hydroxylation sites is 1. The van der Waals surface area contributed by atoms with Gasteiger partial charge in [0.2, 0.25) is 0 Å². The highest BCUT2D eigenvalue weighted by atomic mass is 16.3. The van der Waals surface area contributed by atoms with Crippen LogP contribution in [0.25, 0.3) is 0 Å². The van der Waals surface area contributed by atoms with Crippen molar-refractivity contribution in [1.82, 2.24) is 14.9 Å². The van der Waals surface area contributed by atoms with Crippen molar-refractivity contribution < 1.29 is 5.11 Å². The number of anilines is 2. The molecule has 1 saturated heterocycles. The summed E-state index contributed by atoms with van der Waals surface area (Å²) in [5.74, 6) is 0.687. The summed E-state index contributed by atoms with van der Waals surface area (Å²) in [4.78, 5) is 11.4. The van der Waals surface area contributed by atoms with Gasteiger partial charge in [-0.3, -0.25) is 14.9 Å². The molecule has 2 unspecified atom stereocenters. The molecule has 0 spiro atoms. The van der Waals surface area contributed by atoms with E-state index in [-0.39, 0.29) is 12.8 Å². The van der Waals surface area contributed by atoms with Crippen LogP contribution >= 0.6 is 0 Å². The first-order valence-electron chi connectivity index (χ1n) is 12.9. The minimum absolute atomic E-state index is 0.0598. The molecule has 2 aliphatic rings. The van der Waals surface area contributed by atoms with Crippen molar-refractivity contribution in [3.63, 3.8) is 0 Å². The highest BCUT2D eigenvalue weighted by Gasteiger charge is 2.32. The molecule has 2 atom stereocenters. The molecule has 1 fully saturated rings. The van der Waals surface area contributed by atoms with Crippen LogP contribution in [0.1, 0.15) is 18.9 Å². The molecule has 7 nitrogen and oxygen atoms in total. The summed E-state index contributed by atoms with van der Waals surface area (Å²) < 4.78 is 0. The Morgan fingerprint density at radius 2 is 1.58 bits per heavy atom. The minimum atomic E-state index is -0.0796. The molecule has 3 heterocycles. The normalized spacial score (nSPS) is 20.6. The van der Waals surface area contributed by atoms with Gasteiger partial charge in [-0.1, -0.05) is 48.5 Å². The van der Waals surface area contributed by atoms with Crippen LogP contribution in [0.15, 0.2) is 90.3 Å². The summed E-state index contributed by atoms with van der Waals surface area (Å²) >= 11 is 0. The Bertz CT molecular complexity index is 1110. The summed E-state index contributed by atoms with van der Waals surface area (Å²) in [6.07, 6.45) is 5.69. The zero-order chi connectivity index (χ0) is 24.7. The SMILES string of the molecule is CC1N(CCCN2CCN(c3ccccc3)CC2Cc2ccccc2)N=C(CO)N1c1ccncc1. The average Bonchev–Trinajstić information content (AvgIpc) is 3.26. The molecule has 0 radical (unpaired) electrons. The van der Waals surface area contributed by atoms with E-state index in [0.717, 1.165) is 51.3 Å². The summed E-state index contributed by atoms with van der Waals surface area (Å²) in [7, 11) is 0. The standard InChI is InChI=1S/C29H36N6O/c1-24-34(31-29(23-36)35(24)27-13-15-30-16-14-27)18-8-17-32-19-20-33(26-11-6-3-7-12-26)22-28(32)21-25-9-4-2-5-10-25/h2-7,9-16,24,28,36H,8,17-23H2,1H3. The number of benzene rings is 2. The van der Waals surface area contributed by atoms with Crippen molar-refractivity contribution in [3.05, 3.63) is 90.8 Å². The second kappa shape index (κ2) is 11.5. The number of pyridine rings is 1. The van der Waals surface area contributed by atoms with Crippen molar-refractivity contribution in [1.29, 1.82) is 0 Å². The van der Waals surface area contributed by atoms with E-state index in [2.05, 4.69) is 92.3 Å². The van der Waals surface area contributed by atoms with Crippen LogP contribution in [-0.4, -0.2) is 77.4 Å². The van der Waals surface area contributed by atoms with E-state index >= 15 is 0 Å². The number of hydrogen-bond acceptors (Lipinski definition) is 7. The minimum Gasteiger partial charge on any atom is -0.388 e. The van der Waals surface area contributed by atoms with E-state index in [1.807, 2.05) is 12.1 Å². The molecule has 5 rings (SSSR count). The maximum absolute atomic E-state index is 9.93. The molecule has 0 bridgehead atoms. The summed E-state index contributed by atoms with van der Waals surface area (Å²) in [6.45, 7) is 7.06. The number of aliphatic hydroxyl groups excluding tert-OH is 1. The molecule has 36 heavy (non-hydrogen) atoms. The van der Waals surface area contributed by atoms with Crippen LogP contribution in [0.2, 0.25) is 0 Å². The van der Waals surface area contributed by atoms with Gasteiger partial charge in [0, 0.05) is 62.5 Å². The zero-order valence-electron chi connectivity index (χ0n) is 21.0. The van der Waals surface area contributed by atoms with Crippen LogP contribution < -0.4 is 9.80 Å². The van der Waals surface area contributed by atoms with Crippen molar-refractivity contribution in [2.24, 2.45) is 5.10 Å². The summed E-state index contributed by atoms with van der Waals surface area (Å²) in [6, 6.07) is 26.0. The van der Waals surface area contributed by atoms with Crippen molar-refractivity contribution >= 4 is 17.2 Å². The van der Waals surface area contributed by atoms with Gasteiger partial charge in [-0.25, -0.2) is 0 Å². The Kier molecular flexibility index (Phi) is 7.79. The highest BCUT2D eigenvalue weighted by molar-refractivity contribution is 6.00. The number of rotatable bonds is 9. The van der Waals surface area contributed by atoms with E-state index in [1.54, 1.807) is 12.4 Å². The lowest BCUT2D eigenvalue weighted by Gasteiger charge is -2.43. The maximum atomic E-state index is 9.93. The maximum Gasteiger partial charge on any atom is 0.157 e. The number of aromatic nitrogens is 1. The van der Waals surface area contributed by atoms with Crippen molar-refractivity contribution in [2.45, 2.75) is 32.0 Å². The van der Waals surface area contributed by atoms with Crippen LogP contribution in [0, 0.1) is 0 Å². The third kappa shape index (κ3) is 5.53. The molecule has 2 aromatic carbocycles. The molecule has 7 heteroatoms. The van der Waals surface area contributed by atoms with E-state index < -0.39 is 0 Å². The first-order chi connectivity index (χ1) is 17.7. The molecule has 0 saturated carbocycles. The second-order valence-electron chi connectivity index (χ2n) is 9.56. The Morgan fingerprint density at radius 3 is 2.31 bits per heavy atom. The van der Waals surface area contributed by atoms with Gasteiger partial charge >= 0.3 is 0 Å². The number of hydrogen-bond donors (Lipinski definition) is 1. The Labute approximate surface area is 214 Å².